The molecule has 0 saturated heterocycles. The molecule has 0 N–H and O–H groups in total. The van der Waals surface area contributed by atoms with Gasteiger partial charge in [0.1, 0.15) is 13.2 Å². The Morgan fingerprint density at radius 2 is 1.95 bits per heavy atom. The molecule has 0 spiro atoms. The van der Waals surface area contributed by atoms with E-state index in [-0.39, 0.29) is 11.3 Å². The molecule has 6 nitrogen and oxygen atoms in total. The maximum absolute atomic E-state index is 5.88. The lowest BCUT2D eigenvalue weighted by Gasteiger charge is -2.18. The standard InChI is InChI=1S/C13H12ClN3O3/c1-2-18-13-16-11(15-12(14)17-13)8-3-4-9-10(7-8)20-6-5-19-9/h3-4,7H,2,5-6H2,1H3. The van der Waals surface area contributed by atoms with Crippen LogP contribution in [-0.4, -0.2) is 34.8 Å². The third-order valence-corrected chi connectivity index (χ3v) is 2.83. The molecule has 1 aliphatic rings. The molecular formula is C13H12ClN3O3. The molecule has 104 valence electrons. The molecule has 0 unspecified atom stereocenters. The summed E-state index contributed by atoms with van der Waals surface area (Å²) in [6, 6.07) is 5.68. The van der Waals surface area contributed by atoms with Gasteiger partial charge < -0.3 is 14.2 Å². The van der Waals surface area contributed by atoms with E-state index in [0.29, 0.717) is 37.1 Å². The van der Waals surface area contributed by atoms with Gasteiger partial charge in [0.15, 0.2) is 17.3 Å². The van der Waals surface area contributed by atoms with E-state index in [1.807, 2.05) is 25.1 Å². The van der Waals surface area contributed by atoms with Gasteiger partial charge in [-0.25, -0.2) is 0 Å². The largest absolute Gasteiger partial charge is 0.486 e. The van der Waals surface area contributed by atoms with Crippen molar-refractivity contribution in [2.75, 3.05) is 19.8 Å². The van der Waals surface area contributed by atoms with Gasteiger partial charge in [-0.15, -0.1) is 0 Å². The van der Waals surface area contributed by atoms with Gasteiger partial charge in [0, 0.05) is 5.56 Å². The van der Waals surface area contributed by atoms with Crippen molar-refractivity contribution >= 4 is 11.6 Å². The van der Waals surface area contributed by atoms with Crippen LogP contribution in [0.25, 0.3) is 11.4 Å². The zero-order valence-corrected chi connectivity index (χ0v) is 11.6. The molecule has 1 aliphatic heterocycles. The Labute approximate surface area is 120 Å². The molecule has 3 rings (SSSR count). The Balaban J connectivity index is 1.99. The average molecular weight is 294 g/mol. The first-order valence-electron chi connectivity index (χ1n) is 6.20. The second-order valence-corrected chi connectivity index (χ2v) is 4.34. The molecule has 20 heavy (non-hydrogen) atoms. The van der Waals surface area contributed by atoms with Crippen LogP contribution in [0.3, 0.4) is 0 Å². The molecular weight excluding hydrogens is 282 g/mol. The number of halogens is 1. The van der Waals surface area contributed by atoms with Crippen LogP contribution in [0.5, 0.6) is 17.5 Å². The Morgan fingerprint density at radius 1 is 1.15 bits per heavy atom. The molecule has 1 aromatic carbocycles. The number of hydrogen-bond acceptors (Lipinski definition) is 6. The highest BCUT2D eigenvalue weighted by Gasteiger charge is 2.15. The molecule has 2 heterocycles. The van der Waals surface area contributed by atoms with Crippen LogP contribution in [0.1, 0.15) is 6.92 Å². The van der Waals surface area contributed by atoms with E-state index in [1.165, 1.54) is 0 Å². The fraction of sp³-hybridized carbons (Fsp3) is 0.308. The van der Waals surface area contributed by atoms with E-state index in [0.717, 1.165) is 5.56 Å². The van der Waals surface area contributed by atoms with Crippen LogP contribution < -0.4 is 14.2 Å². The highest BCUT2D eigenvalue weighted by atomic mass is 35.5. The first kappa shape index (κ1) is 12.9. The molecule has 0 atom stereocenters. The molecule has 2 aromatic rings. The van der Waals surface area contributed by atoms with Crippen LogP contribution in [0, 0.1) is 0 Å². The van der Waals surface area contributed by atoms with E-state index >= 15 is 0 Å². The summed E-state index contributed by atoms with van der Waals surface area (Å²) in [6.45, 7) is 3.39. The third-order valence-electron chi connectivity index (χ3n) is 2.66. The number of rotatable bonds is 3. The minimum Gasteiger partial charge on any atom is -0.486 e. The molecule has 0 fully saturated rings. The molecule has 0 aliphatic carbocycles. The van der Waals surface area contributed by atoms with Crippen LogP contribution in [-0.2, 0) is 0 Å². The lowest BCUT2D eigenvalue weighted by atomic mass is 10.2. The first-order chi connectivity index (χ1) is 9.76. The van der Waals surface area contributed by atoms with Gasteiger partial charge in [0.2, 0.25) is 5.28 Å². The van der Waals surface area contributed by atoms with E-state index in [1.54, 1.807) is 0 Å². The van der Waals surface area contributed by atoms with E-state index in [9.17, 15) is 0 Å². The van der Waals surface area contributed by atoms with Crippen molar-refractivity contribution in [3.8, 4) is 28.9 Å². The van der Waals surface area contributed by atoms with Gasteiger partial charge in [0.25, 0.3) is 0 Å². The maximum atomic E-state index is 5.88. The third kappa shape index (κ3) is 2.60. The quantitative estimate of drug-likeness (QED) is 0.865. The number of fused-ring (bicyclic) bond motifs is 1. The maximum Gasteiger partial charge on any atom is 0.321 e. The normalized spacial score (nSPS) is 13.1. The first-order valence-corrected chi connectivity index (χ1v) is 6.58. The van der Waals surface area contributed by atoms with Crippen molar-refractivity contribution in [3.63, 3.8) is 0 Å². The number of benzene rings is 1. The van der Waals surface area contributed by atoms with E-state index in [4.69, 9.17) is 25.8 Å². The summed E-state index contributed by atoms with van der Waals surface area (Å²) in [5.41, 5.74) is 0.763. The molecule has 0 bridgehead atoms. The number of hydrogen-bond donors (Lipinski definition) is 0. The summed E-state index contributed by atoms with van der Waals surface area (Å²) in [6.07, 6.45) is 0. The highest BCUT2D eigenvalue weighted by molar-refractivity contribution is 6.28. The van der Waals surface area contributed by atoms with Gasteiger partial charge in [-0.1, -0.05) is 0 Å². The summed E-state index contributed by atoms with van der Waals surface area (Å²) in [5.74, 6) is 1.82. The second-order valence-electron chi connectivity index (χ2n) is 4.00. The van der Waals surface area contributed by atoms with Crippen molar-refractivity contribution < 1.29 is 14.2 Å². The Hall–Kier alpha value is -2.08. The van der Waals surface area contributed by atoms with Crippen LogP contribution in [0.2, 0.25) is 5.28 Å². The zero-order chi connectivity index (χ0) is 13.9. The molecule has 1 aromatic heterocycles. The molecule has 0 radical (unpaired) electrons. The van der Waals surface area contributed by atoms with E-state index in [2.05, 4.69) is 15.0 Å². The molecule has 0 saturated carbocycles. The summed E-state index contributed by atoms with van der Waals surface area (Å²) in [5, 5.41) is 0.0911. The van der Waals surface area contributed by atoms with Crippen molar-refractivity contribution in [1.82, 2.24) is 15.0 Å². The van der Waals surface area contributed by atoms with Crippen LogP contribution >= 0.6 is 11.6 Å². The molecule has 7 heteroatoms. The van der Waals surface area contributed by atoms with Gasteiger partial charge in [-0.3, -0.25) is 0 Å². The van der Waals surface area contributed by atoms with Gasteiger partial charge in [0.05, 0.1) is 6.61 Å². The molecule has 0 amide bonds. The van der Waals surface area contributed by atoms with E-state index < -0.39 is 0 Å². The van der Waals surface area contributed by atoms with Crippen molar-refractivity contribution in [3.05, 3.63) is 23.5 Å². The Bertz CT molecular complexity index is 636. The fourth-order valence-corrected chi connectivity index (χ4v) is 1.99. The lowest BCUT2D eigenvalue weighted by Crippen LogP contribution is -2.15. The van der Waals surface area contributed by atoms with Crippen LogP contribution in [0.4, 0.5) is 0 Å². The summed E-state index contributed by atoms with van der Waals surface area (Å²) >= 11 is 5.88. The minimum atomic E-state index is 0.0911. The van der Waals surface area contributed by atoms with Gasteiger partial charge in [-0.2, -0.15) is 15.0 Å². The minimum absolute atomic E-state index is 0.0911. The van der Waals surface area contributed by atoms with Crippen molar-refractivity contribution in [2.24, 2.45) is 0 Å². The predicted octanol–water partition coefficient (Wildman–Crippen LogP) is 2.36. The number of nitrogens with zero attached hydrogens (tertiary/aromatic N) is 3. The lowest BCUT2D eigenvalue weighted by molar-refractivity contribution is 0.171. The summed E-state index contributed by atoms with van der Waals surface area (Å²) in [4.78, 5) is 12.2. The fourth-order valence-electron chi connectivity index (χ4n) is 1.84. The predicted molar refractivity (Wildman–Crippen MR) is 72.4 cm³/mol. The monoisotopic (exact) mass is 293 g/mol. The topological polar surface area (TPSA) is 66.4 Å². The van der Waals surface area contributed by atoms with Gasteiger partial charge >= 0.3 is 6.01 Å². The van der Waals surface area contributed by atoms with Crippen molar-refractivity contribution in [2.45, 2.75) is 6.92 Å². The van der Waals surface area contributed by atoms with Crippen molar-refractivity contribution in [1.29, 1.82) is 0 Å². The van der Waals surface area contributed by atoms with Gasteiger partial charge in [-0.05, 0) is 36.7 Å². The Morgan fingerprint density at radius 3 is 2.75 bits per heavy atom. The SMILES string of the molecule is CCOc1nc(Cl)nc(-c2ccc3c(c2)OCCO3)n1. The number of aromatic nitrogens is 3. The number of ether oxygens (including phenoxy) is 3. The highest BCUT2D eigenvalue weighted by Crippen LogP contribution is 2.33. The second kappa shape index (κ2) is 5.50. The smallest absolute Gasteiger partial charge is 0.321 e. The summed E-state index contributed by atoms with van der Waals surface area (Å²) < 4.78 is 16.3. The zero-order valence-electron chi connectivity index (χ0n) is 10.8. The van der Waals surface area contributed by atoms with Crippen LogP contribution in [0.15, 0.2) is 18.2 Å². The summed E-state index contributed by atoms with van der Waals surface area (Å²) in [7, 11) is 0. The Kier molecular flexibility index (Phi) is 3.56. The average Bonchev–Trinajstić information content (AvgIpc) is 2.46.